The van der Waals surface area contributed by atoms with Gasteiger partial charge in [0.25, 0.3) is 0 Å². The Hall–Kier alpha value is -1.40. The van der Waals surface area contributed by atoms with Gasteiger partial charge in [-0.05, 0) is 62.3 Å². The van der Waals surface area contributed by atoms with Crippen LogP contribution in [0.2, 0.25) is 0 Å². The molecular weight excluding hydrogens is 336 g/mol. The Kier molecular flexibility index (Phi) is 4.58. The molecule has 0 N–H and O–H groups in total. The zero-order chi connectivity index (χ0) is 17.4. The fraction of sp³-hybridized carbons (Fsp3) is 0.632. The lowest BCUT2D eigenvalue weighted by Gasteiger charge is -2.43. The lowest BCUT2D eigenvalue weighted by atomic mass is 9.79. The lowest BCUT2D eigenvalue weighted by molar-refractivity contribution is -0.117. The molecule has 3 aliphatic rings. The Morgan fingerprint density at radius 3 is 2.32 bits per heavy atom. The van der Waals surface area contributed by atoms with Crippen molar-refractivity contribution in [3.8, 4) is 0 Å². The van der Waals surface area contributed by atoms with Crippen molar-refractivity contribution < 1.29 is 13.2 Å². The van der Waals surface area contributed by atoms with Crippen molar-refractivity contribution in [2.24, 2.45) is 5.92 Å². The first kappa shape index (κ1) is 17.0. The summed E-state index contributed by atoms with van der Waals surface area (Å²) in [6.45, 7) is 1.36. The zero-order valence-corrected chi connectivity index (χ0v) is 15.4. The van der Waals surface area contributed by atoms with Gasteiger partial charge >= 0.3 is 0 Å². The predicted octanol–water partition coefficient (Wildman–Crippen LogP) is 3.16. The number of carbonyl (C=O) groups excluding carboxylic acids is 1. The van der Waals surface area contributed by atoms with Gasteiger partial charge in [0.05, 0.1) is 4.90 Å². The molecule has 0 spiro atoms. The van der Waals surface area contributed by atoms with E-state index in [2.05, 4.69) is 0 Å². The molecule has 1 amide bonds. The maximum Gasteiger partial charge on any atom is 0.243 e. The highest BCUT2D eigenvalue weighted by Gasteiger charge is 2.39. The third-order valence-electron chi connectivity index (χ3n) is 6.02. The minimum absolute atomic E-state index is 0.122. The molecule has 1 aromatic carbocycles. The molecular formula is C19H26N2O3S. The largest absolute Gasteiger partial charge is 0.312 e. The summed E-state index contributed by atoms with van der Waals surface area (Å²) in [5, 5.41) is 0. The van der Waals surface area contributed by atoms with Crippen LogP contribution in [0.25, 0.3) is 0 Å². The topological polar surface area (TPSA) is 57.7 Å². The summed E-state index contributed by atoms with van der Waals surface area (Å²) in [7, 11) is -3.46. The number of hydrogen-bond acceptors (Lipinski definition) is 3. The van der Waals surface area contributed by atoms with Crippen LogP contribution < -0.4 is 4.90 Å². The molecule has 4 rings (SSSR count). The molecule has 5 nitrogen and oxygen atoms in total. The van der Waals surface area contributed by atoms with Gasteiger partial charge in [0, 0.05) is 31.2 Å². The van der Waals surface area contributed by atoms with Crippen LogP contribution in [0.1, 0.15) is 51.4 Å². The van der Waals surface area contributed by atoms with E-state index < -0.39 is 10.0 Å². The second-order valence-corrected chi connectivity index (χ2v) is 9.40. The molecule has 6 heteroatoms. The average molecular weight is 362 g/mol. The summed E-state index contributed by atoms with van der Waals surface area (Å²) in [6.07, 6.45) is 8.08. The molecule has 0 radical (unpaired) electrons. The van der Waals surface area contributed by atoms with Crippen molar-refractivity contribution >= 4 is 21.6 Å². The van der Waals surface area contributed by atoms with E-state index in [1.807, 2.05) is 0 Å². The van der Waals surface area contributed by atoms with Crippen LogP contribution in [-0.4, -0.2) is 37.8 Å². The van der Waals surface area contributed by atoms with Gasteiger partial charge in [0.1, 0.15) is 0 Å². The molecule has 3 fully saturated rings. The number of carbonyl (C=O) groups is 1. The Bertz CT molecular complexity index is 742. The van der Waals surface area contributed by atoms with Gasteiger partial charge in [-0.25, -0.2) is 8.42 Å². The number of nitrogens with zero attached hydrogens (tertiary/aromatic N) is 2. The van der Waals surface area contributed by atoms with Crippen LogP contribution in [0, 0.1) is 5.92 Å². The van der Waals surface area contributed by atoms with E-state index in [1.165, 1.54) is 6.42 Å². The van der Waals surface area contributed by atoms with Crippen molar-refractivity contribution in [2.75, 3.05) is 18.0 Å². The number of amides is 1. The molecule has 0 bridgehead atoms. The number of sulfonamides is 1. The Morgan fingerprint density at radius 2 is 1.60 bits per heavy atom. The molecule has 1 aromatic rings. The minimum Gasteiger partial charge on any atom is -0.312 e. The number of fused-ring (bicyclic) bond motifs is 1. The SMILES string of the molecule is O=C1CCCN1c1ccc(S(=O)(=O)N2CCC[C@H]3CCCC[C@@H]32)cc1. The van der Waals surface area contributed by atoms with Gasteiger partial charge in [-0.15, -0.1) is 0 Å². The van der Waals surface area contributed by atoms with Crippen molar-refractivity contribution in [1.29, 1.82) is 0 Å². The Morgan fingerprint density at radius 1 is 0.880 bits per heavy atom. The first-order chi connectivity index (χ1) is 12.1. The summed E-state index contributed by atoms with van der Waals surface area (Å²) >= 11 is 0. The molecule has 2 atom stereocenters. The average Bonchev–Trinajstić information content (AvgIpc) is 3.07. The van der Waals surface area contributed by atoms with Gasteiger partial charge in [-0.3, -0.25) is 4.79 Å². The fourth-order valence-electron chi connectivity index (χ4n) is 4.73. The molecule has 2 heterocycles. The molecule has 2 saturated heterocycles. The van der Waals surface area contributed by atoms with Gasteiger partial charge in [-0.2, -0.15) is 4.31 Å². The van der Waals surface area contributed by atoms with Crippen molar-refractivity contribution in [2.45, 2.75) is 62.3 Å². The van der Waals surface area contributed by atoms with E-state index >= 15 is 0 Å². The minimum atomic E-state index is -3.46. The molecule has 2 aliphatic heterocycles. The van der Waals surface area contributed by atoms with Gasteiger partial charge in [0.15, 0.2) is 0 Å². The maximum atomic E-state index is 13.2. The van der Waals surface area contributed by atoms with Crippen LogP contribution in [0.4, 0.5) is 5.69 Å². The van der Waals surface area contributed by atoms with E-state index in [-0.39, 0.29) is 11.9 Å². The predicted molar refractivity (Wildman–Crippen MR) is 96.9 cm³/mol. The zero-order valence-electron chi connectivity index (χ0n) is 14.6. The smallest absolute Gasteiger partial charge is 0.243 e. The van der Waals surface area contributed by atoms with Crippen molar-refractivity contribution in [1.82, 2.24) is 4.31 Å². The summed E-state index contributed by atoms with van der Waals surface area (Å²) in [5.74, 6) is 0.649. The highest BCUT2D eigenvalue weighted by Crippen LogP contribution is 2.38. The Balaban J connectivity index is 1.58. The second kappa shape index (κ2) is 6.72. The molecule has 0 unspecified atom stereocenters. The van der Waals surface area contributed by atoms with Crippen LogP contribution >= 0.6 is 0 Å². The summed E-state index contributed by atoms with van der Waals surface area (Å²) in [5.41, 5.74) is 0.802. The van der Waals surface area contributed by atoms with Gasteiger partial charge in [0.2, 0.25) is 15.9 Å². The van der Waals surface area contributed by atoms with E-state index in [1.54, 1.807) is 33.5 Å². The van der Waals surface area contributed by atoms with Crippen LogP contribution in [0.3, 0.4) is 0 Å². The number of rotatable bonds is 3. The van der Waals surface area contributed by atoms with Crippen LogP contribution in [0.15, 0.2) is 29.2 Å². The maximum absolute atomic E-state index is 13.2. The van der Waals surface area contributed by atoms with E-state index in [9.17, 15) is 13.2 Å². The lowest BCUT2D eigenvalue weighted by Crippen LogP contribution is -2.49. The highest BCUT2D eigenvalue weighted by molar-refractivity contribution is 7.89. The third kappa shape index (κ3) is 3.10. The first-order valence-corrected chi connectivity index (χ1v) is 10.9. The normalized spacial score (nSPS) is 28.2. The fourth-order valence-corrected chi connectivity index (χ4v) is 6.49. The van der Waals surface area contributed by atoms with Gasteiger partial charge < -0.3 is 4.90 Å². The molecule has 0 aromatic heterocycles. The Labute approximate surface area is 150 Å². The second-order valence-electron chi connectivity index (χ2n) is 7.51. The number of piperidine rings is 1. The molecule has 1 aliphatic carbocycles. The van der Waals surface area contributed by atoms with Crippen molar-refractivity contribution in [3.05, 3.63) is 24.3 Å². The third-order valence-corrected chi connectivity index (χ3v) is 7.96. The van der Waals surface area contributed by atoms with Gasteiger partial charge in [-0.1, -0.05) is 12.8 Å². The number of anilines is 1. The summed E-state index contributed by atoms with van der Waals surface area (Å²) in [6, 6.07) is 7.06. The summed E-state index contributed by atoms with van der Waals surface area (Å²) in [4.78, 5) is 14.0. The van der Waals surface area contributed by atoms with E-state index in [4.69, 9.17) is 0 Å². The molecule has 136 valence electrons. The van der Waals surface area contributed by atoms with Crippen molar-refractivity contribution in [3.63, 3.8) is 0 Å². The summed E-state index contributed by atoms with van der Waals surface area (Å²) < 4.78 is 28.1. The highest BCUT2D eigenvalue weighted by atomic mass is 32.2. The number of hydrogen-bond donors (Lipinski definition) is 0. The molecule has 1 saturated carbocycles. The van der Waals surface area contributed by atoms with Crippen LogP contribution in [0.5, 0.6) is 0 Å². The van der Waals surface area contributed by atoms with E-state index in [0.717, 1.165) is 50.8 Å². The standard InChI is InChI=1S/C19H26N2O3S/c22-19-8-4-13-20(19)16-9-11-17(12-10-16)25(23,24)21-14-3-6-15-5-1-2-7-18(15)21/h9-12,15,18H,1-8,13-14H2/t15-,18+/m1/s1. The number of benzene rings is 1. The molecule has 25 heavy (non-hydrogen) atoms. The van der Waals surface area contributed by atoms with E-state index in [0.29, 0.717) is 23.8 Å². The van der Waals surface area contributed by atoms with Crippen LogP contribution in [-0.2, 0) is 14.8 Å². The first-order valence-electron chi connectivity index (χ1n) is 9.50. The monoisotopic (exact) mass is 362 g/mol. The quantitative estimate of drug-likeness (QED) is 0.830.